The van der Waals surface area contributed by atoms with Crippen molar-refractivity contribution in [1.82, 2.24) is 4.90 Å². The fourth-order valence-corrected chi connectivity index (χ4v) is 2.20. The highest BCUT2D eigenvalue weighted by atomic mass is 16.5. The van der Waals surface area contributed by atoms with E-state index in [4.69, 9.17) is 9.47 Å². The molecule has 0 bridgehead atoms. The van der Waals surface area contributed by atoms with E-state index in [2.05, 4.69) is 0 Å². The van der Waals surface area contributed by atoms with E-state index in [0.717, 1.165) is 5.56 Å². The van der Waals surface area contributed by atoms with Crippen LogP contribution in [0.1, 0.15) is 26.3 Å². The topological polar surface area (TPSA) is 55.8 Å². The summed E-state index contributed by atoms with van der Waals surface area (Å²) < 4.78 is 10.3. The SMILES string of the molecule is COC(=O)C(C)CN(CC(C)C)C(=O)COc1ccc(C)cc1. The van der Waals surface area contributed by atoms with Crippen LogP contribution < -0.4 is 4.74 Å². The van der Waals surface area contributed by atoms with Gasteiger partial charge in [0.05, 0.1) is 13.0 Å². The first-order chi connectivity index (χ1) is 10.8. The molecule has 5 heteroatoms. The Kier molecular flexibility index (Phi) is 7.59. The Morgan fingerprint density at radius 3 is 2.22 bits per heavy atom. The molecule has 23 heavy (non-hydrogen) atoms. The zero-order valence-corrected chi connectivity index (χ0v) is 14.7. The Balaban J connectivity index is 2.63. The quantitative estimate of drug-likeness (QED) is 0.691. The van der Waals surface area contributed by atoms with E-state index in [9.17, 15) is 9.59 Å². The molecule has 0 spiro atoms. The lowest BCUT2D eigenvalue weighted by Crippen LogP contribution is -2.41. The molecule has 0 N–H and O–H groups in total. The van der Waals surface area contributed by atoms with Gasteiger partial charge in [0.2, 0.25) is 0 Å². The molecule has 1 amide bonds. The van der Waals surface area contributed by atoms with Crippen LogP contribution in [0.4, 0.5) is 0 Å². The van der Waals surface area contributed by atoms with Crippen molar-refractivity contribution >= 4 is 11.9 Å². The zero-order valence-electron chi connectivity index (χ0n) is 14.7. The van der Waals surface area contributed by atoms with Crippen molar-refractivity contribution in [2.24, 2.45) is 11.8 Å². The first-order valence-electron chi connectivity index (χ1n) is 7.88. The summed E-state index contributed by atoms with van der Waals surface area (Å²) in [5, 5.41) is 0. The minimum Gasteiger partial charge on any atom is -0.484 e. The van der Waals surface area contributed by atoms with Crippen molar-refractivity contribution < 1.29 is 19.1 Å². The molecule has 0 saturated heterocycles. The van der Waals surface area contributed by atoms with Gasteiger partial charge in [-0.15, -0.1) is 0 Å². The summed E-state index contributed by atoms with van der Waals surface area (Å²) in [5.74, 6) is 0.167. The van der Waals surface area contributed by atoms with Gasteiger partial charge in [0.25, 0.3) is 5.91 Å². The number of aryl methyl sites for hydroxylation is 1. The number of hydrogen-bond donors (Lipinski definition) is 0. The molecule has 0 saturated carbocycles. The molecule has 1 unspecified atom stereocenters. The number of nitrogens with zero attached hydrogens (tertiary/aromatic N) is 1. The van der Waals surface area contributed by atoms with E-state index in [1.807, 2.05) is 45.0 Å². The first-order valence-corrected chi connectivity index (χ1v) is 7.88. The van der Waals surface area contributed by atoms with Gasteiger partial charge in [-0.25, -0.2) is 0 Å². The van der Waals surface area contributed by atoms with Crippen LogP contribution in [0, 0.1) is 18.8 Å². The molecule has 5 nitrogen and oxygen atoms in total. The number of carbonyl (C=O) groups excluding carboxylic acids is 2. The van der Waals surface area contributed by atoms with Gasteiger partial charge < -0.3 is 14.4 Å². The van der Waals surface area contributed by atoms with Crippen LogP contribution in [0.5, 0.6) is 5.75 Å². The Bertz CT molecular complexity index is 510. The van der Waals surface area contributed by atoms with Gasteiger partial charge in [-0.3, -0.25) is 9.59 Å². The molecular weight excluding hydrogens is 294 g/mol. The average Bonchev–Trinajstić information content (AvgIpc) is 2.52. The monoisotopic (exact) mass is 321 g/mol. The van der Waals surface area contributed by atoms with Crippen molar-refractivity contribution in [3.63, 3.8) is 0 Å². The Morgan fingerprint density at radius 2 is 1.70 bits per heavy atom. The van der Waals surface area contributed by atoms with Gasteiger partial charge in [0.15, 0.2) is 6.61 Å². The van der Waals surface area contributed by atoms with Crippen molar-refractivity contribution in [3.8, 4) is 5.75 Å². The lowest BCUT2D eigenvalue weighted by molar-refractivity contribution is -0.146. The van der Waals surface area contributed by atoms with Crippen LogP contribution in [-0.2, 0) is 14.3 Å². The number of hydrogen-bond acceptors (Lipinski definition) is 4. The van der Waals surface area contributed by atoms with Crippen LogP contribution in [0.2, 0.25) is 0 Å². The Morgan fingerprint density at radius 1 is 1.09 bits per heavy atom. The number of carbonyl (C=O) groups is 2. The van der Waals surface area contributed by atoms with E-state index in [-0.39, 0.29) is 24.4 Å². The Hall–Kier alpha value is -2.04. The molecule has 0 heterocycles. The van der Waals surface area contributed by atoms with Crippen LogP contribution >= 0.6 is 0 Å². The summed E-state index contributed by atoms with van der Waals surface area (Å²) in [6.45, 7) is 8.69. The molecule has 0 aromatic heterocycles. The summed E-state index contributed by atoms with van der Waals surface area (Å²) in [7, 11) is 1.36. The highest BCUT2D eigenvalue weighted by molar-refractivity contribution is 5.79. The summed E-state index contributed by atoms with van der Waals surface area (Å²) in [6, 6.07) is 7.55. The van der Waals surface area contributed by atoms with E-state index >= 15 is 0 Å². The lowest BCUT2D eigenvalue weighted by Gasteiger charge is -2.26. The number of benzene rings is 1. The van der Waals surface area contributed by atoms with Gasteiger partial charge in [0.1, 0.15) is 5.75 Å². The van der Waals surface area contributed by atoms with Crippen LogP contribution in [0.15, 0.2) is 24.3 Å². The summed E-state index contributed by atoms with van der Waals surface area (Å²) in [5.41, 5.74) is 1.14. The van der Waals surface area contributed by atoms with Crippen LogP contribution in [-0.4, -0.2) is 43.6 Å². The van der Waals surface area contributed by atoms with E-state index < -0.39 is 0 Å². The van der Waals surface area contributed by atoms with Crippen LogP contribution in [0.3, 0.4) is 0 Å². The predicted octanol–water partition coefficient (Wildman–Crippen LogP) is 2.67. The zero-order chi connectivity index (χ0) is 17.4. The van der Waals surface area contributed by atoms with Gasteiger partial charge >= 0.3 is 5.97 Å². The molecular formula is C18H27NO4. The fourth-order valence-electron chi connectivity index (χ4n) is 2.20. The van der Waals surface area contributed by atoms with E-state index in [1.54, 1.807) is 11.8 Å². The third kappa shape index (κ3) is 6.72. The molecule has 0 radical (unpaired) electrons. The summed E-state index contributed by atoms with van der Waals surface area (Å²) >= 11 is 0. The second-order valence-corrected chi connectivity index (χ2v) is 6.22. The second-order valence-electron chi connectivity index (χ2n) is 6.22. The highest BCUT2D eigenvalue weighted by Gasteiger charge is 2.22. The second kappa shape index (κ2) is 9.18. The smallest absolute Gasteiger partial charge is 0.310 e. The number of ether oxygens (including phenoxy) is 2. The number of amides is 1. The number of esters is 1. The van der Waals surface area contributed by atoms with Gasteiger partial charge in [-0.05, 0) is 25.0 Å². The molecule has 0 aliphatic rings. The third-order valence-electron chi connectivity index (χ3n) is 3.42. The van der Waals surface area contributed by atoms with Gasteiger partial charge in [-0.2, -0.15) is 0 Å². The largest absolute Gasteiger partial charge is 0.484 e. The first kappa shape index (κ1) is 19.0. The fraction of sp³-hybridized carbons (Fsp3) is 0.556. The maximum absolute atomic E-state index is 12.4. The Labute approximate surface area is 138 Å². The molecule has 1 rings (SSSR count). The van der Waals surface area contributed by atoms with Crippen LogP contribution in [0.25, 0.3) is 0 Å². The maximum atomic E-state index is 12.4. The van der Waals surface area contributed by atoms with Gasteiger partial charge in [0, 0.05) is 13.1 Å². The molecule has 0 fully saturated rings. The maximum Gasteiger partial charge on any atom is 0.310 e. The normalized spacial score (nSPS) is 11.9. The summed E-state index contributed by atoms with van der Waals surface area (Å²) in [6.07, 6.45) is 0. The molecule has 128 valence electrons. The van der Waals surface area contributed by atoms with E-state index in [1.165, 1.54) is 7.11 Å². The standard InChI is InChI=1S/C18H27NO4/c1-13(2)10-19(11-15(4)18(21)22-5)17(20)12-23-16-8-6-14(3)7-9-16/h6-9,13,15H,10-12H2,1-5H3. The lowest BCUT2D eigenvalue weighted by atomic mass is 10.1. The molecule has 0 aliphatic carbocycles. The minimum absolute atomic E-state index is 0.0380. The molecule has 1 atom stereocenters. The third-order valence-corrected chi connectivity index (χ3v) is 3.42. The summed E-state index contributed by atoms with van der Waals surface area (Å²) in [4.78, 5) is 25.7. The molecule has 1 aromatic carbocycles. The number of methoxy groups -OCH3 is 1. The molecule has 1 aromatic rings. The van der Waals surface area contributed by atoms with Crippen molar-refractivity contribution in [3.05, 3.63) is 29.8 Å². The number of rotatable bonds is 8. The van der Waals surface area contributed by atoms with Gasteiger partial charge in [-0.1, -0.05) is 38.5 Å². The van der Waals surface area contributed by atoms with E-state index in [0.29, 0.717) is 24.8 Å². The minimum atomic E-state index is -0.359. The predicted molar refractivity (Wildman–Crippen MR) is 89.3 cm³/mol. The van der Waals surface area contributed by atoms with Crippen molar-refractivity contribution in [2.45, 2.75) is 27.7 Å². The van der Waals surface area contributed by atoms with Crippen molar-refractivity contribution in [1.29, 1.82) is 0 Å². The van der Waals surface area contributed by atoms with Crippen molar-refractivity contribution in [2.75, 3.05) is 26.8 Å². The molecule has 0 aliphatic heterocycles. The average molecular weight is 321 g/mol. The highest BCUT2D eigenvalue weighted by Crippen LogP contribution is 2.12.